The van der Waals surface area contributed by atoms with Crippen LogP contribution < -0.4 is 9.47 Å². The van der Waals surface area contributed by atoms with Crippen molar-refractivity contribution in [2.45, 2.75) is 57.7 Å². The maximum absolute atomic E-state index is 14.8. The molecule has 4 rings (SSSR count). The van der Waals surface area contributed by atoms with Crippen LogP contribution in [-0.4, -0.2) is 6.11 Å². The number of hydrogen-bond donors (Lipinski definition) is 0. The van der Waals surface area contributed by atoms with Gasteiger partial charge in [-0.3, -0.25) is 0 Å². The van der Waals surface area contributed by atoms with Crippen molar-refractivity contribution in [2.75, 3.05) is 0 Å². The molecule has 1 aliphatic rings. The molecule has 0 atom stereocenters. The van der Waals surface area contributed by atoms with Crippen LogP contribution in [0, 0.1) is 40.9 Å². The first-order valence-corrected chi connectivity index (χ1v) is 12.7. The molecule has 0 N–H and O–H groups in total. The summed E-state index contributed by atoms with van der Waals surface area (Å²) in [5.74, 6) is -10.3. The van der Waals surface area contributed by atoms with Gasteiger partial charge >= 0.3 is 12.2 Å². The highest BCUT2D eigenvalue weighted by Gasteiger charge is 2.44. The highest BCUT2D eigenvalue weighted by Crippen LogP contribution is 2.42. The zero-order chi connectivity index (χ0) is 29.2. The van der Waals surface area contributed by atoms with Crippen molar-refractivity contribution in [3.8, 4) is 22.6 Å². The van der Waals surface area contributed by atoms with Gasteiger partial charge in [-0.1, -0.05) is 25.8 Å². The number of benzene rings is 3. The summed E-state index contributed by atoms with van der Waals surface area (Å²) in [6.07, 6.45) is -4.13. The fourth-order valence-corrected chi connectivity index (χ4v) is 4.94. The molecule has 1 saturated carbocycles. The van der Waals surface area contributed by atoms with Crippen LogP contribution in [-0.2, 0) is 6.11 Å². The molecule has 3 aromatic rings. The average molecular weight is 576 g/mol. The third-order valence-electron chi connectivity index (χ3n) is 7.01. The van der Waals surface area contributed by atoms with Crippen molar-refractivity contribution < 1.29 is 49.0 Å². The van der Waals surface area contributed by atoms with Crippen LogP contribution in [0.25, 0.3) is 11.1 Å². The third kappa shape index (κ3) is 6.50. The summed E-state index contributed by atoms with van der Waals surface area (Å²) in [6.45, 7) is 2.04. The van der Waals surface area contributed by atoms with Gasteiger partial charge in [-0.05, 0) is 61.4 Å². The average Bonchev–Trinajstić information content (AvgIpc) is 2.87. The first-order chi connectivity index (χ1) is 18.8. The molecule has 0 aromatic heterocycles. The number of ether oxygens (including phenoxy) is 2. The highest BCUT2D eigenvalue weighted by atomic mass is 19.3. The smallest absolute Gasteiger partial charge is 0.429 e. The topological polar surface area (TPSA) is 18.5 Å². The van der Waals surface area contributed by atoms with Gasteiger partial charge in [-0.2, -0.15) is 17.6 Å². The molecule has 0 radical (unpaired) electrons. The van der Waals surface area contributed by atoms with E-state index in [-0.39, 0.29) is 36.1 Å². The van der Waals surface area contributed by atoms with Crippen LogP contribution in [0.15, 0.2) is 48.5 Å². The van der Waals surface area contributed by atoms with Crippen molar-refractivity contribution in [3.63, 3.8) is 0 Å². The quantitative estimate of drug-likeness (QED) is 0.187. The molecule has 1 aliphatic carbocycles. The van der Waals surface area contributed by atoms with E-state index < -0.39 is 64.3 Å². The Kier molecular flexibility index (Phi) is 8.60. The second-order valence-corrected chi connectivity index (χ2v) is 9.83. The van der Waals surface area contributed by atoms with Gasteiger partial charge < -0.3 is 9.47 Å². The van der Waals surface area contributed by atoms with Crippen molar-refractivity contribution in [3.05, 3.63) is 83.2 Å². The lowest BCUT2D eigenvalue weighted by Gasteiger charge is -2.33. The normalized spacial score (nSPS) is 18.1. The lowest BCUT2D eigenvalue weighted by molar-refractivity contribution is -0.223. The van der Waals surface area contributed by atoms with Crippen molar-refractivity contribution >= 4 is 0 Å². The fraction of sp³-hybridized carbons (Fsp3) is 0.379. The van der Waals surface area contributed by atoms with Gasteiger partial charge in [-0.25, -0.2) is 22.0 Å². The van der Waals surface area contributed by atoms with Gasteiger partial charge in [0.15, 0.2) is 17.5 Å². The maximum Gasteiger partial charge on any atom is 0.429 e. The zero-order valence-corrected chi connectivity index (χ0v) is 21.2. The Bertz CT molecular complexity index is 1330. The molecule has 0 aliphatic heterocycles. The predicted octanol–water partition coefficient (Wildman–Crippen LogP) is 9.76. The second kappa shape index (κ2) is 11.6. The lowest BCUT2D eigenvalue weighted by Crippen LogP contribution is -2.37. The predicted molar refractivity (Wildman–Crippen MR) is 129 cm³/mol. The van der Waals surface area contributed by atoms with Crippen LogP contribution in [0.5, 0.6) is 11.5 Å². The second-order valence-electron chi connectivity index (χ2n) is 9.83. The van der Waals surface area contributed by atoms with Gasteiger partial charge in [-0.15, -0.1) is 0 Å². The summed E-state index contributed by atoms with van der Waals surface area (Å²) >= 11 is 0. The molecule has 3 aromatic carbocycles. The third-order valence-corrected chi connectivity index (χ3v) is 7.01. The first kappa shape index (κ1) is 29.6. The highest BCUT2D eigenvalue weighted by molar-refractivity contribution is 5.65. The van der Waals surface area contributed by atoms with Gasteiger partial charge in [0.25, 0.3) is 0 Å². The van der Waals surface area contributed by atoms with E-state index in [2.05, 4.69) is 4.74 Å². The van der Waals surface area contributed by atoms with E-state index in [1.807, 2.05) is 6.92 Å². The van der Waals surface area contributed by atoms with Crippen molar-refractivity contribution in [1.82, 2.24) is 0 Å². The Balaban J connectivity index is 1.48. The molecule has 0 amide bonds. The molecule has 216 valence electrons. The summed E-state index contributed by atoms with van der Waals surface area (Å²) < 4.78 is 137. The molecule has 0 saturated heterocycles. The van der Waals surface area contributed by atoms with Gasteiger partial charge in [0.2, 0.25) is 0 Å². The van der Waals surface area contributed by atoms with E-state index in [9.17, 15) is 39.5 Å². The summed E-state index contributed by atoms with van der Waals surface area (Å²) in [7, 11) is 0. The van der Waals surface area contributed by atoms with Crippen LogP contribution in [0.3, 0.4) is 0 Å². The molecular formula is C29H25F9O2. The number of rotatable bonds is 9. The summed E-state index contributed by atoms with van der Waals surface area (Å²) in [6, 6.07) is 5.19. The fourth-order valence-electron chi connectivity index (χ4n) is 4.94. The molecule has 40 heavy (non-hydrogen) atoms. The molecule has 0 unspecified atom stereocenters. The molecule has 0 spiro atoms. The summed E-state index contributed by atoms with van der Waals surface area (Å²) in [4.78, 5) is 0. The van der Waals surface area contributed by atoms with Crippen LogP contribution >= 0.6 is 0 Å². The van der Waals surface area contributed by atoms with E-state index in [4.69, 9.17) is 4.74 Å². The molecule has 11 heteroatoms. The van der Waals surface area contributed by atoms with E-state index in [1.165, 1.54) is 0 Å². The minimum atomic E-state index is -4.45. The van der Waals surface area contributed by atoms with Gasteiger partial charge in [0.05, 0.1) is 11.5 Å². The Morgan fingerprint density at radius 2 is 1.32 bits per heavy atom. The molecular weight excluding hydrogens is 551 g/mol. The number of halogens is 9. The van der Waals surface area contributed by atoms with Crippen molar-refractivity contribution in [1.29, 1.82) is 0 Å². The van der Waals surface area contributed by atoms with Gasteiger partial charge in [0, 0.05) is 23.8 Å². The van der Waals surface area contributed by atoms with Gasteiger partial charge in [0.1, 0.15) is 23.1 Å². The van der Waals surface area contributed by atoms with Crippen LogP contribution in [0.4, 0.5) is 39.5 Å². The Labute approximate surface area is 224 Å². The molecule has 0 heterocycles. The monoisotopic (exact) mass is 576 g/mol. The van der Waals surface area contributed by atoms with Crippen LogP contribution in [0.1, 0.15) is 51.0 Å². The Hall–Kier alpha value is -3.37. The molecule has 0 bridgehead atoms. The first-order valence-electron chi connectivity index (χ1n) is 12.7. The summed E-state index contributed by atoms with van der Waals surface area (Å²) in [5.41, 5.74) is -1.84. The largest absolute Gasteiger partial charge is 0.432 e. The number of alkyl halides is 4. The standard InChI is InChI=1S/C29H25F9O2/c1-2-3-16-4-7-18(8-5-16)28(35,36)39-19-9-10-21(23(30)13-19)17-6-11-22(24(31)12-17)29(37,38)40-20-14-25(32)27(34)26(33)15-20/h6,9-16,18H,2-5,7-8H2,1H3. The summed E-state index contributed by atoms with van der Waals surface area (Å²) in [5, 5.41) is 0. The van der Waals surface area contributed by atoms with E-state index in [0.717, 1.165) is 31.0 Å². The maximum atomic E-state index is 14.8. The Morgan fingerprint density at radius 3 is 1.90 bits per heavy atom. The Morgan fingerprint density at radius 1 is 0.700 bits per heavy atom. The lowest BCUT2D eigenvalue weighted by atomic mass is 9.79. The van der Waals surface area contributed by atoms with E-state index >= 15 is 0 Å². The zero-order valence-electron chi connectivity index (χ0n) is 21.2. The van der Waals surface area contributed by atoms with E-state index in [1.54, 1.807) is 0 Å². The minimum Gasteiger partial charge on any atom is -0.432 e. The minimum absolute atomic E-state index is 0.165. The SMILES string of the molecule is CCCC1CCC(C(F)(F)Oc2ccc(-c3ccc(C(F)(F)Oc4cc(F)c(F)c(F)c4)c(F)c3)c(F)c2)CC1. The molecule has 1 fully saturated rings. The van der Waals surface area contributed by atoms with E-state index in [0.29, 0.717) is 37.0 Å². The van der Waals surface area contributed by atoms with Crippen LogP contribution in [0.2, 0.25) is 0 Å². The molecule has 2 nitrogen and oxygen atoms in total. The number of hydrogen-bond acceptors (Lipinski definition) is 2. The van der Waals surface area contributed by atoms with Crippen molar-refractivity contribution in [2.24, 2.45) is 11.8 Å².